The van der Waals surface area contributed by atoms with Gasteiger partial charge in [-0.1, -0.05) is 28.1 Å². The molecule has 19 heavy (non-hydrogen) atoms. The molecule has 0 unspecified atom stereocenters. The third-order valence-corrected chi connectivity index (χ3v) is 4.21. The molecule has 0 saturated heterocycles. The molecule has 0 bridgehead atoms. The number of rotatable bonds is 5. The van der Waals surface area contributed by atoms with Crippen LogP contribution in [-0.2, 0) is 5.75 Å². The van der Waals surface area contributed by atoms with E-state index in [1.807, 2.05) is 37.3 Å². The van der Waals surface area contributed by atoms with Crippen LogP contribution in [0, 0.1) is 0 Å². The molecule has 0 heterocycles. The molecule has 0 aromatic heterocycles. The predicted molar refractivity (Wildman–Crippen MR) is 85.7 cm³/mol. The molecule has 0 fully saturated rings. The highest BCUT2D eigenvalue weighted by Crippen LogP contribution is 2.31. The summed E-state index contributed by atoms with van der Waals surface area (Å²) < 4.78 is 6.60. The van der Waals surface area contributed by atoms with Gasteiger partial charge in [0, 0.05) is 20.8 Å². The quantitative estimate of drug-likeness (QED) is 0.633. The Bertz CT molecular complexity index is 560. The molecular weight excluding hydrogens is 322 g/mol. The molecule has 2 aromatic carbocycles. The van der Waals surface area contributed by atoms with Crippen LogP contribution in [0.25, 0.3) is 0 Å². The van der Waals surface area contributed by atoms with Gasteiger partial charge in [0.1, 0.15) is 5.75 Å². The number of nitrogens with two attached hydrogens (primary N) is 1. The average Bonchev–Trinajstić information content (AvgIpc) is 2.40. The molecule has 0 atom stereocenters. The maximum absolute atomic E-state index is 5.99. The lowest BCUT2D eigenvalue weighted by molar-refractivity contribution is 0.339. The lowest BCUT2D eigenvalue weighted by Gasteiger charge is -2.09. The molecule has 2 rings (SSSR count). The molecule has 0 saturated carbocycles. The van der Waals surface area contributed by atoms with Crippen molar-refractivity contribution >= 4 is 33.4 Å². The third-order valence-electron chi connectivity index (χ3n) is 2.58. The minimum Gasteiger partial charge on any atom is -0.494 e. The first-order valence-electron chi connectivity index (χ1n) is 6.08. The third kappa shape index (κ3) is 4.18. The van der Waals surface area contributed by atoms with E-state index >= 15 is 0 Å². The summed E-state index contributed by atoms with van der Waals surface area (Å²) in [6, 6.07) is 14.1. The standard InChI is InChI=1S/C15H16BrNOS/c1-2-18-13-6-7-14(17)15(9-13)19-10-11-4-3-5-12(16)8-11/h3-9H,2,10,17H2,1H3. The fourth-order valence-corrected chi connectivity index (χ4v) is 3.07. The van der Waals surface area contributed by atoms with Crippen molar-refractivity contribution in [1.82, 2.24) is 0 Å². The van der Waals surface area contributed by atoms with E-state index in [1.54, 1.807) is 11.8 Å². The summed E-state index contributed by atoms with van der Waals surface area (Å²) in [5.74, 6) is 1.76. The largest absolute Gasteiger partial charge is 0.494 e. The molecule has 2 N–H and O–H groups in total. The van der Waals surface area contributed by atoms with Crippen molar-refractivity contribution in [2.24, 2.45) is 0 Å². The first-order chi connectivity index (χ1) is 9.19. The van der Waals surface area contributed by atoms with Crippen molar-refractivity contribution in [2.75, 3.05) is 12.3 Å². The Labute approximate surface area is 126 Å². The highest BCUT2D eigenvalue weighted by Gasteiger charge is 2.04. The number of nitrogen functional groups attached to an aromatic ring is 1. The van der Waals surface area contributed by atoms with Crippen LogP contribution < -0.4 is 10.5 Å². The van der Waals surface area contributed by atoms with Crippen LogP contribution in [0.15, 0.2) is 51.8 Å². The Balaban J connectivity index is 2.08. The Morgan fingerprint density at radius 3 is 2.79 bits per heavy atom. The van der Waals surface area contributed by atoms with Gasteiger partial charge in [0.15, 0.2) is 0 Å². The van der Waals surface area contributed by atoms with Crippen LogP contribution in [-0.4, -0.2) is 6.61 Å². The first-order valence-corrected chi connectivity index (χ1v) is 7.86. The number of anilines is 1. The highest BCUT2D eigenvalue weighted by atomic mass is 79.9. The molecule has 0 spiro atoms. The summed E-state index contributed by atoms with van der Waals surface area (Å²) in [4.78, 5) is 1.06. The van der Waals surface area contributed by atoms with Gasteiger partial charge in [-0.25, -0.2) is 0 Å². The van der Waals surface area contributed by atoms with Gasteiger partial charge < -0.3 is 10.5 Å². The summed E-state index contributed by atoms with van der Waals surface area (Å²) in [5.41, 5.74) is 8.05. The van der Waals surface area contributed by atoms with Gasteiger partial charge in [-0.2, -0.15) is 0 Å². The van der Waals surface area contributed by atoms with Crippen LogP contribution in [0.4, 0.5) is 5.69 Å². The maximum Gasteiger partial charge on any atom is 0.120 e. The minimum absolute atomic E-state index is 0.666. The van der Waals surface area contributed by atoms with E-state index in [9.17, 15) is 0 Å². The number of hydrogen-bond acceptors (Lipinski definition) is 3. The van der Waals surface area contributed by atoms with Gasteiger partial charge in [0.25, 0.3) is 0 Å². The van der Waals surface area contributed by atoms with Crippen molar-refractivity contribution in [2.45, 2.75) is 17.6 Å². The van der Waals surface area contributed by atoms with E-state index in [1.165, 1.54) is 5.56 Å². The molecule has 100 valence electrons. The first kappa shape index (κ1) is 14.3. The average molecular weight is 338 g/mol. The van der Waals surface area contributed by atoms with Gasteiger partial charge in [0.05, 0.1) is 6.61 Å². The van der Waals surface area contributed by atoms with Gasteiger partial charge in [-0.05, 0) is 42.8 Å². The van der Waals surface area contributed by atoms with Crippen LogP contribution >= 0.6 is 27.7 Å². The van der Waals surface area contributed by atoms with E-state index in [4.69, 9.17) is 10.5 Å². The Morgan fingerprint density at radius 1 is 1.21 bits per heavy atom. The highest BCUT2D eigenvalue weighted by molar-refractivity contribution is 9.10. The van der Waals surface area contributed by atoms with Crippen molar-refractivity contribution in [3.63, 3.8) is 0 Å². The zero-order chi connectivity index (χ0) is 13.7. The fourth-order valence-electron chi connectivity index (χ4n) is 1.68. The lowest BCUT2D eigenvalue weighted by Crippen LogP contribution is -1.94. The number of ether oxygens (including phenoxy) is 1. The smallest absolute Gasteiger partial charge is 0.120 e. The van der Waals surface area contributed by atoms with E-state index in [0.717, 1.165) is 26.6 Å². The van der Waals surface area contributed by atoms with Crippen molar-refractivity contribution in [3.8, 4) is 5.75 Å². The molecule has 0 aliphatic heterocycles. The molecule has 0 amide bonds. The topological polar surface area (TPSA) is 35.2 Å². The van der Waals surface area contributed by atoms with Crippen LogP contribution in [0.1, 0.15) is 12.5 Å². The maximum atomic E-state index is 5.99. The molecule has 2 aromatic rings. The fraction of sp³-hybridized carbons (Fsp3) is 0.200. The van der Waals surface area contributed by atoms with E-state index in [-0.39, 0.29) is 0 Å². The second-order valence-corrected chi connectivity index (χ2v) is 5.98. The second-order valence-electron chi connectivity index (χ2n) is 4.05. The number of benzene rings is 2. The Morgan fingerprint density at radius 2 is 2.05 bits per heavy atom. The van der Waals surface area contributed by atoms with E-state index < -0.39 is 0 Å². The van der Waals surface area contributed by atoms with Gasteiger partial charge >= 0.3 is 0 Å². The predicted octanol–water partition coefficient (Wildman–Crippen LogP) is 4.72. The number of halogens is 1. The molecule has 0 aliphatic rings. The molecule has 0 aliphatic carbocycles. The van der Waals surface area contributed by atoms with Gasteiger partial charge in [0.2, 0.25) is 0 Å². The monoisotopic (exact) mass is 337 g/mol. The van der Waals surface area contributed by atoms with E-state index in [2.05, 4.69) is 28.1 Å². The second kappa shape index (κ2) is 6.87. The van der Waals surface area contributed by atoms with Crippen LogP contribution in [0.5, 0.6) is 5.75 Å². The summed E-state index contributed by atoms with van der Waals surface area (Å²) in [5, 5.41) is 0. The summed E-state index contributed by atoms with van der Waals surface area (Å²) >= 11 is 5.20. The lowest BCUT2D eigenvalue weighted by atomic mass is 10.2. The van der Waals surface area contributed by atoms with Gasteiger partial charge in [-0.15, -0.1) is 11.8 Å². The van der Waals surface area contributed by atoms with Crippen molar-refractivity contribution in [3.05, 3.63) is 52.5 Å². The van der Waals surface area contributed by atoms with Crippen molar-refractivity contribution in [1.29, 1.82) is 0 Å². The Hall–Kier alpha value is -1.13. The summed E-state index contributed by atoms with van der Waals surface area (Å²) in [6.45, 7) is 2.64. The Kier molecular flexibility index (Phi) is 5.16. The summed E-state index contributed by atoms with van der Waals surface area (Å²) in [6.07, 6.45) is 0. The number of thioether (sulfide) groups is 1. The molecular formula is C15H16BrNOS. The van der Waals surface area contributed by atoms with E-state index in [0.29, 0.717) is 6.61 Å². The number of hydrogen-bond donors (Lipinski definition) is 1. The van der Waals surface area contributed by atoms with Crippen LogP contribution in [0.3, 0.4) is 0 Å². The SMILES string of the molecule is CCOc1ccc(N)c(SCc2cccc(Br)c2)c1. The molecule has 2 nitrogen and oxygen atoms in total. The zero-order valence-corrected chi connectivity index (χ0v) is 13.1. The minimum atomic E-state index is 0.666. The van der Waals surface area contributed by atoms with Crippen molar-refractivity contribution < 1.29 is 4.74 Å². The van der Waals surface area contributed by atoms with Gasteiger partial charge in [-0.3, -0.25) is 0 Å². The summed E-state index contributed by atoms with van der Waals surface area (Å²) in [7, 11) is 0. The normalized spacial score (nSPS) is 10.4. The van der Waals surface area contributed by atoms with Crippen LogP contribution in [0.2, 0.25) is 0 Å². The molecule has 4 heteroatoms. The zero-order valence-electron chi connectivity index (χ0n) is 10.7. The molecule has 0 radical (unpaired) electrons.